The lowest BCUT2D eigenvalue weighted by Gasteiger charge is -2.15. The summed E-state index contributed by atoms with van der Waals surface area (Å²) >= 11 is 0. The van der Waals surface area contributed by atoms with Crippen molar-refractivity contribution in [3.8, 4) is 28.2 Å². The first-order valence-electron chi connectivity index (χ1n) is 10.4. The molecule has 1 heterocycles. The number of hydrogen-bond donors (Lipinski definition) is 1. The highest BCUT2D eigenvalue weighted by Crippen LogP contribution is 2.38. The van der Waals surface area contributed by atoms with Gasteiger partial charge in [-0.1, -0.05) is 72.8 Å². The van der Waals surface area contributed by atoms with Crippen LogP contribution in [0.5, 0.6) is 5.75 Å². The Bertz CT molecular complexity index is 1420. The SMILES string of the molecule is COc1ccc(Nc2cccc3c(-c4ccccc4)c(-c4ccccc4)oc(=O)c23)cc1. The number of fused-ring (bicyclic) bond motifs is 1. The van der Waals surface area contributed by atoms with Gasteiger partial charge in [-0.3, -0.25) is 0 Å². The van der Waals surface area contributed by atoms with Crippen molar-refractivity contribution in [2.45, 2.75) is 0 Å². The Hall–Kier alpha value is -4.31. The molecule has 1 N–H and O–H groups in total. The third-order valence-electron chi connectivity index (χ3n) is 5.43. The Morgan fingerprint density at radius 3 is 2.03 bits per heavy atom. The van der Waals surface area contributed by atoms with Crippen LogP contribution < -0.4 is 15.7 Å². The molecule has 0 bridgehead atoms. The average molecular weight is 419 g/mol. The first-order chi connectivity index (χ1) is 15.7. The maximum Gasteiger partial charge on any atom is 0.346 e. The van der Waals surface area contributed by atoms with Crippen LogP contribution in [0.4, 0.5) is 11.4 Å². The molecule has 0 unspecified atom stereocenters. The van der Waals surface area contributed by atoms with Crippen molar-refractivity contribution in [2.24, 2.45) is 0 Å². The number of ether oxygens (including phenoxy) is 1. The van der Waals surface area contributed by atoms with E-state index < -0.39 is 0 Å². The van der Waals surface area contributed by atoms with Gasteiger partial charge in [-0.25, -0.2) is 4.79 Å². The largest absolute Gasteiger partial charge is 0.497 e. The first kappa shape index (κ1) is 19.6. The minimum absolute atomic E-state index is 0.379. The zero-order valence-electron chi connectivity index (χ0n) is 17.5. The molecule has 0 spiro atoms. The van der Waals surface area contributed by atoms with E-state index in [2.05, 4.69) is 5.32 Å². The third-order valence-corrected chi connectivity index (χ3v) is 5.43. The molecule has 0 aliphatic rings. The van der Waals surface area contributed by atoms with Crippen LogP contribution in [0.25, 0.3) is 33.2 Å². The minimum atomic E-state index is -0.379. The topological polar surface area (TPSA) is 51.5 Å². The molecule has 32 heavy (non-hydrogen) atoms. The van der Waals surface area contributed by atoms with Crippen LogP contribution in [-0.4, -0.2) is 7.11 Å². The third kappa shape index (κ3) is 3.63. The number of methoxy groups -OCH3 is 1. The Kier molecular flexibility index (Phi) is 5.18. The average Bonchev–Trinajstić information content (AvgIpc) is 2.85. The summed E-state index contributed by atoms with van der Waals surface area (Å²) in [6.45, 7) is 0. The molecule has 0 fully saturated rings. The van der Waals surface area contributed by atoms with Crippen molar-refractivity contribution >= 4 is 22.1 Å². The number of anilines is 2. The Labute approximate surface area is 185 Å². The van der Waals surface area contributed by atoms with Gasteiger partial charge in [-0.2, -0.15) is 0 Å². The molecule has 0 saturated carbocycles. The predicted molar refractivity (Wildman–Crippen MR) is 130 cm³/mol. The number of hydrogen-bond acceptors (Lipinski definition) is 4. The van der Waals surface area contributed by atoms with E-state index in [0.717, 1.165) is 33.5 Å². The fourth-order valence-corrected chi connectivity index (χ4v) is 3.92. The lowest BCUT2D eigenvalue weighted by Crippen LogP contribution is -2.06. The summed E-state index contributed by atoms with van der Waals surface area (Å²) in [4.78, 5) is 13.2. The van der Waals surface area contributed by atoms with Crippen molar-refractivity contribution in [3.05, 3.63) is 114 Å². The van der Waals surface area contributed by atoms with E-state index in [9.17, 15) is 4.79 Å². The number of nitrogens with one attached hydrogen (secondary N) is 1. The summed E-state index contributed by atoms with van der Waals surface area (Å²) in [5, 5.41) is 4.71. The molecular weight excluding hydrogens is 398 g/mol. The van der Waals surface area contributed by atoms with Crippen molar-refractivity contribution in [1.29, 1.82) is 0 Å². The quantitative estimate of drug-likeness (QED) is 0.337. The maximum absolute atomic E-state index is 13.2. The zero-order valence-corrected chi connectivity index (χ0v) is 17.5. The maximum atomic E-state index is 13.2. The summed E-state index contributed by atoms with van der Waals surface area (Å²) < 4.78 is 11.2. The van der Waals surface area contributed by atoms with Crippen LogP contribution in [0.2, 0.25) is 0 Å². The van der Waals surface area contributed by atoms with Gasteiger partial charge in [0, 0.05) is 22.2 Å². The highest BCUT2D eigenvalue weighted by atomic mass is 16.5. The summed E-state index contributed by atoms with van der Waals surface area (Å²) in [6.07, 6.45) is 0. The number of benzene rings is 4. The van der Waals surface area contributed by atoms with Crippen molar-refractivity contribution in [2.75, 3.05) is 12.4 Å². The van der Waals surface area contributed by atoms with Gasteiger partial charge in [0.05, 0.1) is 18.2 Å². The molecule has 4 heteroatoms. The van der Waals surface area contributed by atoms with Crippen LogP contribution in [0.3, 0.4) is 0 Å². The first-order valence-corrected chi connectivity index (χ1v) is 10.4. The molecule has 4 aromatic carbocycles. The van der Waals surface area contributed by atoms with Crippen LogP contribution >= 0.6 is 0 Å². The molecule has 0 radical (unpaired) electrons. The van der Waals surface area contributed by atoms with E-state index in [1.54, 1.807) is 7.11 Å². The van der Waals surface area contributed by atoms with Crippen molar-refractivity contribution in [1.82, 2.24) is 0 Å². The lowest BCUT2D eigenvalue weighted by atomic mass is 9.95. The zero-order chi connectivity index (χ0) is 21.9. The molecule has 156 valence electrons. The summed E-state index contributed by atoms with van der Waals surface area (Å²) in [7, 11) is 1.63. The van der Waals surface area contributed by atoms with Gasteiger partial charge in [-0.05, 0) is 35.9 Å². The highest BCUT2D eigenvalue weighted by Gasteiger charge is 2.19. The van der Waals surface area contributed by atoms with E-state index in [1.807, 2.05) is 103 Å². The van der Waals surface area contributed by atoms with Gasteiger partial charge in [0.25, 0.3) is 0 Å². The van der Waals surface area contributed by atoms with Crippen molar-refractivity contribution in [3.63, 3.8) is 0 Å². The second kappa shape index (κ2) is 8.44. The molecule has 1 aromatic heterocycles. The van der Waals surface area contributed by atoms with E-state index in [4.69, 9.17) is 9.15 Å². The Morgan fingerprint density at radius 1 is 0.719 bits per heavy atom. The van der Waals surface area contributed by atoms with E-state index in [-0.39, 0.29) is 5.63 Å². The Morgan fingerprint density at radius 2 is 1.38 bits per heavy atom. The molecule has 0 amide bonds. The monoisotopic (exact) mass is 419 g/mol. The summed E-state index contributed by atoms with van der Waals surface area (Å²) in [5.74, 6) is 1.34. The summed E-state index contributed by atoms with van der Waals surface area (Å²) in [6, 6.07) is 33.1. The fraction of sp³-hybridized carbons (Fsp3) is 0.0357. The van der Waals surface area contributed by atoms with Crippen LogP contribution in [-0.2, 0) is 0 Å². The molecular formula is C28H21NO3. The van der Waals surface area contributed by atoms with Gasteiger partial charge in [-0.15, -0.1) is 0 Å². The molecule has 5 rings (SSSR count). The van der Waals surface area contributed by atoms with Gasteiger partial charge in [0.2, 0.25) is 0 Å². The van der Waals surface area contributed by atoms with Gasteiger partial charge in [0.15, 0.2) is 0 Å². The van der Waals surface area contributed by atoms with Crippen LogP contribution in [0.15, 0.2) is 112 Å². The van der Waals surface area contributed by atoms with Gasteiger partial charge in [0.1, 0.15) is 11.5 Å². The molecule has 4 nitrogen and oxygen atoms in total. The molecule has 0 saturated heterocycles. The highest BCUT2D eigenvalue weighted by molar-refractivity contribution is 6.06. The van der Waals surface area contributed by atoms with Crippen molar-refractivity contribution < 1.29 is 9.15 Å². The predicted octanol–water partition coefficient (Wildman–Crippen LogP) is 6.88. The van der Waals surface area contributed by atoms with E-state index in [0.29, 0.717) is 16.8 Å². The standard InChI is InChI=1S/C28H21NO3/c1-31-22-17-15-21(16-18-22)29-24-14-8-13-23-25(19-9-4-2-5-10-19)27(32-28(30)26(23)24)20-11-6-3-7-12-20/h2-18,29H,1H3. The second-order valence-electron chi connectivity index (χ2n) is 7.41. The normalized spacial score (nSPS) is 10.8. The van der Waals surface area contributed by atoms with E-state index in [1.165, 1.54) is 0 Å². The Balaban J connectivity index is 1.75. The van der Waals surface area contributed by atoms with E-state index >= 15 is 0 Å². The molecule has 5 aromatic rings. The van der Waals surface area contributed by atoms with Gasteiger partial charge >= 0.3 is 5.63 Å². The number of rotatable bonds is 5. The fourth-order valence-electron chi connectivity index (χ4n) is 3.92. The van der Waals surface area contributed by atoms with Crippen LogP contribution in [0.1, 0.15) is 0 Å². The minimum Gasteiger partial charge on any atom is -0.497 e. The smallest absolute Gasteiger partial charge is 0.346 e. The molecule has 0 aliphatic heterocycles. The lowest BCUT2D eigenvalue weighted by molar-refractivity contribution is 0.415. The van der Waals surface area contributed by atoms with Gasteiger partial charge < -0.3 is 14.5 Å². The second-order valence-corrected chi connectivity index (χ2v) is 7.41. The molecule has 0 aliphatic carbocycles. The molecule has 0 atom stereocenters. The summed E-state index contributed by atoms with van der Waals surface area (Å²) in [5.41, 5.74) is 3.91. The van der Waals surface area contributed by atoms with Crippen LogP contribution in [0, 0.1) is 0 Å².